The van der Waals surface area contributed by atoms with Crippen molar-refractivity contribution in [2.45, 2.75) is 19.9 Å². The number of carboxylic acids is 1. The normalized spacial score (nSPS) is 12.2. The summed E-state index contributed by atoms with van der Waals surface area (Å²) in [4.78, 5) is 26.0. The van der Waals surface area contributed by atoms with E-state index in [9.17, 15) is 9.59 Å². The lowest BCUT2D eigenvalue weighted by atomic mass is 10.1. The maximum Gasteiger partial charge on any atom is 0.355 e. The summed E-state index contributed by atoms with van der Waals surface area (Å²) in [7, 11) is 1.31. The summed E-state index contributed by atoms with van der Waals surface area (Å²) in [5, 5.41) is 13.4. The molecule has 7 heteroatoms. The minimum atomic E-state index is -1.09. The second-order valence-corrected chi connectivity index (χ2v) is 4.59. The first-order valence-electron chi connectivity index (χ1n) is 4.99. The molecule has 0 bridgehead atoms. The molecule has 0 aliphatic heterocycles. The molecule has 0 saturated carbocycles. The van der Waals surface area contributed by atoms with Crippen molar-refractivity contribution in [1.29, 1.82) is 0 Å². The van der Waals surface area contributed by atoms with E-state index in [1.807, 2.05) is 13.8 Å². The van der Waals surface area contributed by atoms with Crippen LogP contribution < -0.4 is 5.32 Å². The first-order valence-corrected chi connectivity index (χ1v) is 5.86. The van der Waals surface area contributed by atoms with Crippen LogP contribution in [0.1, 0.15) is 24.3 Å². The molecular weight excluding hydrogens is 244 g/mol. The Bertz CT molecular complexity index is 416. The quantitative estimate of drug-likeness (QED) is 0.777. The first-order chi connectivity index (χ1) is 7.95. The summed E-state index contributed by atoms with van der Waals surface area (Å²) >= 11 is 1.14. The van der Waals surface area contributed by atoms with Gasteiger partial charge in [-0.3, -0.25) is 0 Å². The number of anilines is 1. The minimum absolute atomic E-state index is 0.0135. The van der Waals surface area contributed by atoms with Gasteiger partial charge in [-0.15, -0.1) is 11.3 Å². The van der Waals surface area contributed by atoms with Crippen LogP contribution in [-0.2, 0) is 9.53 Å². The number of carbonyl (C=O) groups is 2. The van der Waals surface area contributed by atoms with Crippen LogP contribution in [0.4, 0.5) is 5.13 Å². The highest BCUT2D eigenvalue weighted by atomic mass is 32.1. The Kier molecular flexibility index (Phi) is 4.45. The van der Waals surface area contributed by atoms with Gasteiger partial charge < -0.3 is 15.2 Å². The van der Waals surface area contributed by atoms with Gasteiger partial charge in [-0.25, -0.2) is 14.6 Å². The van der Waals surface area contributed by atoms with Gasteiger partial charge in [-0.1, -0.05) is 13.8 Å². The van der Waals surface area contributed by atoms with Crippen molar-refractivity contribution in [3.05, 3.63) is 11.1 Å². The molecule has 1 heterocycles. The van der Waals surface area contributed by atoms with Gasteiger partial charge in [-0.2, -0.15) is 0 Å². The zero-order chi connectivity index (χ0) is 13.0. The molecule has 17 heavy (non-hydrogen) atoms. The second-order valence-electron chi connectivity index (χ2n) is 3.73. The summed E-state index contributed by atoms with van der Waals surface area (Å²) < 4.78 is 4.66. The second kappa shape index (κ2) is 5.62. The van der Waals surface area contributed by atoms with E-state index in [-0.39, 0.29) is 11.6 Å². The number of methoxy groups -OCH3 is 1. The van der Waals surface area contributed by atoms with Crippen molar-refractivity contribution >= 4 is 28.4 Å². The number of ether oxygens (including phenoxy) is 1. The van der Waals surface area contributed by atoms with Gasteiger partial charge in [0.1, 0.15) is 6.04 Å². The van der Waals surface area contributed by atoms with E-state index in [2.05, 4.69) is 15.0 Å². The Balaban J connectivity index is 2.79. The lowest BCUT2D eigenvalue weighted by Crippen LogP contribution is -2.35. The van der Waals surface area contributed by atoms with E-state index in [0.717, 1.165) is 11.3 Å². The van der Waals surface area contributed by atoms with E-state index in [1.54, 1.807) is 0 Å². The topological polar surface area (TPSA) is 88.5 Å². The Morgan fingerprint density at radius 3 is 2.59 bits per heavy atom. The molecule has 0 radical (unpaired) electrons. The average molecular weight is 258 g/mol. The van der Waals surface area contributed by atoms with Crippen molar-refractivity contribution in [2.75, 3.05) is 12.4 Å². The van der Waals surface area contributed by atoms with Crippen LogP contribution in [0.5, 0.6) is 0 Å². The fraction of sp³-hybridized carbons (Fsp3) is 0.500. The Morgan fingerprint density at radius 2 is 2.18 bits per heavy atom. The number of esters is 1. The number of aromatic carboxylic acids is 1. The molecule has 94 valence electrons. The lowest BCUT2D eigenvalue weighted by Gasteiger charge is -2.18. The minimum Gasteiger partial charge on any atom is -0.476 e. The third-order valence-electron chi connectivity index (χ3n) is 2.12. The van der Waals surface area contributed by atoms with Gasteiger partial charge in [-0.05, 0) is 5.92 Å². The standard InChI is InChI=1S/C10H14N2O4S/c1-5(2)7(9(15)16-3)12-10-11-6(4-17-10)8(13)14/h4-5,7H,1-3H3,(H,11,12)(H,13,14). The number of hydrogen-bond donors (Lipinski definition) is 2. The summed E-state index contributed by atoms with van der Waals surface area (Å²) in [5.74, 6) is -1.47. The SMILES string of the molecule is COC(=O)C(Nc1nc(C(=O)O)cs1)C(C)C. The van der Waals surface area contributed by atoms with Gasteiger partial charge >= 0.3 is 11.9 Å². The monoisotopic (exact) mass is 258 g/mol. The Labute approximate surface area is 103 Å². The lowest BCUT2D eigenvalue weighted by molar-refractivity contribution is -0.142. The number of aromatic nitrogens is 1. The average Bonchev–Trinajstić information content (AvgIpc) is 2.73. The summed E-state index contributed by atoms with van der Waals surface area (Å²) in [6.07, 6.45) is 0. The van der Waals surface area contributed by atoms with Crippen LogP contribution in [-0.4, -0.2) is 35.2 Å². The third-order valence-corrected chi connectivity index (χ3v) is 2.90. The van der Waals surface area contributed by atoms with E-state index in [0.29, 0.717) is 5.13 Å². The number of carbonyl (C=O) groups excluding carboxylic acids is 1. The number of nitrogens with zero attached hydrogens (tertiary/aromatic N) is 1. The highest BCUT2D eigenvalue weighted by Gasteiger charge is 2.24. The predicted molar refractivity (Wildman–Crippen MR) is 63.3 cm³/mol. The van der Waals surface area contributed by atoms with Crippen LogP contribution >= 0.6 is 11.3 Å². The molecule has 0 aliphatic carbocycles. The molecule has 0 spiro atoms. The molecule has 1 atom stereocenters. The zero-order valence-electron chi connectivity index (χ0n) is 9.76. The van der Waals surface area contributed by atoms with Gasteiger partial charge in [0.25, 0.3) is 0 Å². The summed E-state index contributed by atoms with van der Waals surface area (Å²) in [6.45, 7) is 3.72. The smallest absolute Gasteiger partial charge is 0.355 e. The number of rotatable bonds is 5. The molecule has 2 N–H and O–H groups in total. The maximum absolute atomic E-state index is 11.5. The van der Waals surface area contributed by atoms with Crippen molar-refractivity contribution in [3.63, 3.8) is 0 Å². The van der Waals surface area contributed by atoms with Crippen molar-refractivity contribution in [3.8, 4) is 0 Å². The molecule has 0 amide bonds. The van der Waals surface area contributed by atoms with E-state index in [4.69, 9.17) is 5.11 Å². The summed E-state index contributed by atoms with van der Waals surface area (Å²) in [5.41, 5.74) is -0.0372. The first kappa shape index (κ1) is 13.4. The highest BCUT2D eigenvalue weighted by Crippen LogP contribution is 2.19. The van der Waals surface area contributed by atoms with Crippen LogP contribution in [0.3, 0.4) is 0 Å². The van der Waals surface area contributed by atoms with Crippen molar-refractivity contribution in [1.82, 2.24) is 4.98 Å². The number of thiazole rings is 1. The fourth-order valence-electron chi connectivity index (χ4n) is 1.20. The van der Waals surface area contributed by atoms with Crippen molar-refractivity contribution < 1.29 is 19.4 Å². The maximum atomic E-state index is 11.5. The Morgan fingerprint density at radius 1 is 1.53 bits per heavy atom. The molecule has 6 nitrogen and oxygen atoms in total. The number of nitrogens with one attached hydrogen (secondary N) is 1. The van der Waals surface area contributed by atoms with Crippen LogP contribution in [0, 0.1) is 5.92 Å². The Hall–Kier alpha value is -1.63. The van der Waals surface area contributed by atoms with Crippen LogP contribution in [0.15, 0.2) is 5.38 Å². The molecule has 0 fully saturated rings. The van der Waals surface area contributed by atoms with E-state index < -0.39 is 18.0 Å². The largest absolute Gasteiger partial charge is 0.476 e. The molecule has 0 saturated heterocycles. The van der Waals surface area contributed by atoms with Gasteiger partial charge in [0.05, 0.1) is 7.11 Å². The third kappa shape index (κ3) is 3.42. The molecular formula is C10H14N2O4S. The molecule has 1 aromatic heterocycles. The van der Waals surface area contributed by atoms with Crippen LogP contribution in [0.25, 0.3) is 0 Å². The van der Waals surface area contributed by atoms with Gasteiger partial charge in [0.2, 0.25) is 0 Å². The van der Waals surface area contributed by atoms with Gasteiger partial charge in [0, 0.05) is 5.38 Å². The predicted octanol–water partition coefficient (Wildman–Crippen LogP) is 1.45. The highest BCUT2D eigenvalue weighted by molar-refractivity contribution is 7.13. The molecule has 0 aromatic carbocycles. The van der Waals surface area contributed by atoms with Gasteiger partial charge in [0.15, 0.2) is 10.8 Å². The molecule has 1 unspecified atom stereocenters. The molecule has 1 rings (SSSR count). The summed E-state index contributed by atoms with van der Waals surface area (Å²) in [6, 6.07) is -0.534. The van der Waals surface area contributed by atoms with Crippen molar-refractivity contribution in [2.24, 2.45) is 5.92 Å². The number of hydrogen-bond acceptors (Lipinski definition) is 6. The van der Waals surface area contributed by atoms with Crippen LogP contribution in [0.2, 0.25) is 0 Å². The van der Waals surface area contributed by atoms with E-state index in [1.165, 1.54) is 12.5 Å². The fourth-order valence-corrected chi connectivity index (χ4v) is 1.92. The number of carboxylic acid groups (broad SMARTS) is 1. The zero-order valence-corrected chi connectivity index (χ0v) is 10.6. The van der Waals surface area contributed by atoms with E-state index >= 15 is 0 Å². The molecule has 0 aliphatic rings. The molecule has 1 aromatic rings.